The Labute approximate surface area is 371 Å². The molecule has 10 heteroatoms. The summed E-state index contributed by atoms with van der Waals surface area (Å²) in [6, 6.07) is 10.8. The number of benzene rings is 1. The lowest BCUT2D eigenvalue weighted by Crippen LogP contribution is -2.61. The van der Waals surface area contributed by atoms with E-state index in [0.717, 1.165) is 16.1 Å². The molecule has 56 heavy (non-hydrogen) atoms. The Hall–Kier alpha value is 1.50. The monoisotopic (exact) mass is 931 g/mol. The first-order valence-electron chi connectivity index (χ1n) is 22.7. The topological polar surface area (TPSA) is 0 Å². The first-order valence-corrected chi connectivity index (χ1v) is 55.1. The van der Waals surface area contributed by atoms with Gasteiger partial charge in [-0.25, -0.2) is 0 Å². The van der Waals surface area contributed by atoms with Gasteiger partial charge in [0.1, 0.15) is 0 Å². The number of rotatable bonds is 16. The van der Waals surface area contributed by atoms with Crippen molar-refractivity contribution in [2.75, 3.05) is 0 Å². The van der Waals surface area contributed by atoms with E-state index in [2.05, 4.69) is 235 Å². The molecule has 1 aromatic carbocycles. The van der Waals surface area contributed by atoms with Crippen LogP contribution in [0.25, 0.3) is 8.87 Å². The van der Waals surface area contributed by atoms with E-state index < -0.39 is 92.9 Å². The Morgan fingerprint density at radius 2 is 0.482 bits per heavy atom. The van der Waals surface area contributed by atoms with Crippen LogP contribution in [0.2, 0.25) is 173 Å². The van der Waals surface area contributed by atoms with Gasteiger partial charge in [-0.05, 0) is 22.0 Å². The van der Waals surface area contributed by atoms with Gasteiger partial charge in [0.25, 0.3) is 0 Å². The van der Waals surface area contributed by atoms with Crippen LogP contribution >= 0.6 is 0 Å². The second-order valence-corrected chi connectivity index (χ2v) is 85.9. The molecule has 0 saturated carbocycles. The van der Waals surface area contributed by atoms with Gasteiger partial charge in [-0.1, -0.05) is 251 Å². The smallest absolute Gasteiger partial charge is 0.107 e. The molecule has 1 aromatic rings. The maximum Gasteiger partial charge on any atom is 0.301 e. The summed E-state index contributed by atoms with van der Waals surface area (Å²) in [6.45, 7) is 81.1. The first-order chi connectivity index (χ1) is 24.1. The Kier molecular flexibility index (Phi) is 18.1. The molecule has 0 aliphatic carbocycles. The summed E-state index contributed by atoms with van der Waals surface area (Å²) in [5.41, 5.74) is 3.47. The van der Waals surface area contributed by atoms with E-state index in [4.69, 9.17) is 0 Å². The molecule has 0 radical (unpaired) electrons. The molecule has 0 aromatic heterocycles. The molecule has 0 heterocycles. The van der Waals surface area contributed by atoms with E-state index in [9.17, 15) is 0 Å². The van der Waals surface area contributed by atoms with Gasteiger partial charge >= 0.3 is 28.3 Å². The molecule has 0 fully saturated rings. The molecule has 0 spiro atoms. The lowest BCUT2D eigenvalue weighted by atomic mass is 9.94. The molecular formula is C46H100Al2Si8. The quantitative estimate of drug-likeness (QED) is 0.145. The highest BCUT2D eigenvalue weighted by atomic mass is 28.4. The summed E-state index contributed by atoms with van der Waals surface area (Å²) >= 11 is -3.00. The van der Waals surface area contributed by atoms with Gasteiger partial charge in [-0.3, -0.25) is 0 Å². The largest absolute Gasteiger partial charge is 0.301 e. The SMILES string of the molecule is CC(C)(C)/C=[C](\c1ccc(/[C](=C\C(C)(C)C)[Al]([CH]([Si](C)(C)C)[Si](C)(C)C)[CH]([Si](C)(C)C)[Si](C)(C)C)cc1)[Al]([CH]([Si](C)(C)C)[Si](C)(C)C)[CH]([Si](C)(C)C)[Si](C)(C)C. The molecule has 0 amide bonds. The standard InChI is InChI=1S/C18H24.4C7H19Si2.2Al/c1-17(2,3)13-11-15-7-9-16(10-8-15)12-14-18(4,5)6;4*1-8(2,3)7-9(4,5)6;;/h7-10,13-14H,1-6H3;4*7H,1-6H3;;. The van der Waals surface area contributed by atoms with Crippen LogP contribution in [-0.4, -0.2) is 92.9 Å². The van der Waals surface area contributed by atoms with Gasteiger partial charge in [0.2, 0.25) is 0 Å². The fraction of sp³-hybridized carbons (Fsp3) is 0.783. The van der Waals surface area contributed by atoms with E-state index in [1.165, 1.54) is 0 Å². The zero-order valence-electron chi connectivity index (χ0n) is 43.9. The van der Waals surface area contributed by atoms with Crippen LogP contribution in [0.15, 0.2) is 36.4 Å². The lowest BCUT2D eigenvalue weighted by molar-refractivity contribution is 0.546. The minimum absolute atomic E-state index is 0.144. The zero-order valence-corrected chi connectivity index (χ0v) is 54.2. The van der Waals surface area contributed by atoms with Gasteiger partial charge in [0, 0.05) is 64.6 Å². The van der Waals surface area contributed by atoms with E-state index in [1.807, 2.05) is 8.87 Å². The van der Waals surface area contributed by atoms with Crippen molar-refractivity contribution < 1.29 is 0 Å². The van der Waals surface area contributed by atoms with Crippen molar-refractivity contribution in [3.63, 3.8) is 0 Å². The molecule has 0 N–H and O–H groups in total. The summed E-state index contributed by atoms with van der Waals surface area (Å²) in [7, 11) is -12.0. The molecule has 0 bridgehead atoms. The van der Waals surface area contributed by atoms with E-state index in [1.54, 1.807) is 11.1 Å². The Morgan fingerprint density at radius 3 is 0.589 bits per heavy atom. The average molecular weight is 932 g/mol. The minimum atomic E-state index is -1.51. The van der Waals surface area contributed by atoms with Crippen LogP contribution in [0.1, 0.15) is 52.7 Å². The summed E-state index contributed by atoms with van der Waals surface area (Å²) in [5.74, 6) is 0. The number of allylic oxidation sites excluding steroid dienone is 2. The molecule has 0 aliphatic heterocycles. The van der Waals surface area contributed by atoms with Gasteiger partial charge in [0.05, 0.1) is 0 Å². The Bertz CT molecular complexity index is 1260. The van der Waals surface area contributed by atoms with Crippen molar-refractivity contribution >= 4 is 102 Å². The lowest BCUT2D eigenvalue weighted by Gasteiger charge is -2.52. The third-order valence-electron chi connectivity index (χ3n) is 12.3. The van der Waals surface area contributed by atoms with Crippen LogP contribution in [-0.2, 0) is 0 Å². The van der Waals surface area contributed by atoms with Crippen molar-refractivity contribution in [1.82, 2.24) is 0 Å². The van der Waals surface area contributed by atoms with Crippen molar-refractivity contribution in [2.45, 2.75) is 215 Å². The molecule has 0 atom stereocenters. The first kappa shape index (κ1) is 55.5. The normalized spacial score (nSPS) is 15.8. The highest BCUT2D eigenvalue weighted by Gasteiger charge is 2.58. The van der Waals surface area contributed by atoms with E-state index >= 15 is 0 Å². The predicted octanol–water partition coefficient (Wildman–Crippen LogP) is 17.1. The van der Waals surface area contributed by atoms with Gasteiger partial charge in [0.15, 0.2) is 0 Å². The maximum atomic E-state index is 2.85. The fourth-order valence-corrected chi connectivity index (χ4v) is 107. The highest BCUT2D eigenvalue weighted by Crippen LogP contribution is 2.53. The average Bonchev–Trinajstić information content (AvgIpc) is 2.82. The minimum Gasteiger partial charge on any atom is -0.107 e. The van der Waals surface area contributed by atoms with Crippen molar-refractivity contribution in [3.8, 4) is 0 Å². The zero-order chi connectivity index (χ0) is 45.0. The summed E-state index contributed by atoms with van der Waals surface area (Å²) < 4.78 is 7.56. The van der Waals surface area contributed by atoms with Crippen LogP contribution in [0.5, 0.6) is 0 Å². The maximum absolute atomic E-state index is 2.85. The predicted molar refractivity (Wildman–Crippen MR) is 295 cm³/mol. The molecule has 322 valence electrons. The van der Waals surface area contributed by atoms with E-state index in [0.29, 0.717) is 0 Å². The van der Waals surface area contributed by atoms with Crippen LogP contribution < -0.4 is 0 Å². The Morgan fingerprint density at radius 1 is 0.339 bits per heavy atom. The van der Waals surface area contributed by atoms with Crippen LogP contribution in [0.4, 0.5) is 0 Å². The van der Waals surface area contributed by atoms with Gasteiger partial charge < -0.3 is 0 Å². The van der Waals surface area contributed by atoms with Crippen LogP contribution in [0.3, 0.4) is 0 Å². The van der Waals surface area contributed by atoms with Crippen molar-refractivity contribution in [1.29, 1.82) is 0 Å². The highest BCUT2D eigenvalue weighted by molar-refractivity contribution is 7.22. The van der Waals surface area contributed by atoms with Gasteiger partial charge in [-0.2, -0.15) is 0 Å². The summed E-state index contributed by atoms with van der Waals surface area (Å²) in [5, 5.41) is 0. The Balaban J connectivity index is 4.69. The molecular weight excluding hydrogens is 831 g/mol. The second-order valence-electron chi connectivity index (χ2n) is 29.4. The number of hydrogen-bond donors (Lipinski definition) is 0. The molecule has 0 nitrogen and oxygen atoms in total. The van der Waals surface area contributed by atoms with Crippen molar-refractivity contribution in [3.05, 3.63) is 47.5 Å². The molecule has 0 aliphatic rings. The second kappa shape index (κ2) is 18.3. The van der Waals surface area contributed by atoms with E-state index in [-0.39, 0.29) is 10.8 Å². The fourth-order valence-electron chi connectivity index (χ4n) is 13.1. The third-order valence-corrected chi connectivity index (χ3v) is 86.0. The van der Waals surface area contributed by atoms with Gasteiger partial charge in [-0.15, -0.1) is 8.87 Å². The van der Waals surface area contributed by atoms with Crippen molar-refractivity contribution in [2.24, 2.45) is 10.8 Å². The number of hydrogen-bond acceptors (Lipinski definition) is 0. The molecule has 1 rings (SSSR count). The molecule has 0 unspecified atom stereocenters. The summed E-state index contributed by atoms with van der Waals surface area (Å²) in [6.07, 6.45) is 5.70. The molecule has 0 saturated heterocycles. The van der Waals surface area contributed by atoms with Crippen LogP contribution in [0, 0.1) is 10.8 Å². The summed E-state index contributed by atoms with van der Waals surface area (Å²) in [4.78, 5) is 0. The third kappa shape index (κ3) is 16.0.